The van der Waals surface area contributed by atoms with Crippen molar-refractivity contribution in [2.75, 3.05) is 33.9 Å². The predicted octanol–water partition coefficient (Wildman–Crippen LogP) is 2.83. The van der Waals surface area contributed by atoms with Crippen molar-refractivity contribution in [1.29, 1.82) is 0 Å². The van der Waals surface area contributed by atoms with Crippen molar-refractivity contribution in [3.63, 3.8) is 0 Å². The van der Waals surface area contributed by atoms with E-state index >= 15 is 0 Å². The molecule has 4 heteroatoms. The van der Waals surface area contributed by atoms with Gasteiger partial charge in [0, 0.05) is 18.7 Å². The second kappa shape index (κ2) is 6.67. The lowest BCUT2D eigenvalue weighted by Crippen LogP contribution is -2.44. The highest BCUT2D eigenvalue weighted by atomic mass is 16.5. The van der Waals surface area contributed by atoms with Crippen LogP contribution in [0.4, 0.5) is 0 Å². The Hall–Kier alpha value is -1.26. The fourth-order valence-corrected chi connectivity index (χ4v) is 3.38. The molecule has 1 aliphatic heterocycles. The van der Waals surface area contributed by atoms with Crippen molar-refractivity contribution in [1.82, 2.24) is 4.90 Å². The Morgan fingerprint density at radius 3 is 2.62 bits per heavy atom. The first-order chi connectivity index (χ1) is 10.0. The van der Waals surface area contributed by atoms with Crippen LogP contribution in [-0.2, 0) is 0 Å². The molecule has 0 spiro atoms. The third-order valence-corrected chi connectivity index (χ3v) is 4.39. The molecule has 0 aliphatic carbocycles. The maximum absolute atomic E-state index is 6.10. The number of rotatable bonds is 5. The SMILES string of the molecule is COc1cccc(C(CN)N2CCCC(C)(C)C2)c1OC. The minimum Gasteiger partial charge on any atom is -0.493 e. The van der Waals surface area contributed by atoms with E-state index in [1.165, 1.54) is 12.8 Å². The summed E-state index contributed by atoms with van der Waals surface area (Å²) >= 11 is 0. The summed E-state index contributed by atoms with van der Waals surface area (Å²) in [6, 6.07) is 6.21. The summed E-state index contributed by atoms with van der Waals surface area (Å²) in [6.45, 7) is 7.39. The van der Waals surface area contributed by atoms with Gasteiger partial charge in [-0.25, -0.2) is 0 Å². The van der Waals surface area contributed by atoms with E-state index in [0.29, 0.717) is 12.0 Å². The van der Waals surface area contributed by atoms with Crippen LogP contribution in [0.2, 0.25) is 0 Å². The van der Waals surface area contributed by atoms with Gasteiger partial charge < -0.3 is 15.2 Å². The van der Waals surface area contributed by atoms with Crippen LogP contribution in [-0.4, -0.2) is 38.8 Å². The van der Waals surface area contributed by atoms with Crippen LogP contribution in [0.1, 0.15) is 38.3 Å². The molecule has 0 bridgehead atoms. The van der Waals surface area contributed by atoms with Gasteiger partial charge in [-0.05, 0) is 30.9 Å². The highest BCUT2D eigenvalue weighted by molar-refractivity contribution is 5.48. The number of benzene rings is 1. The fraction of sp³-hybridized carbons (Fsp3) is 0.647. The summed E-state index contributed by atoms with van der Waals surface area (Å²) < 4.78 is 11.0. The van der Waals surface area contributed by atoms with Crippen LogP contribution in [0.5, 0.6) is 11.5 Å². The van der Waals surface area contributed by atoms with Crippen molar-refractivity contribution in [2.24, 2.45) is 11.1 Å². The van der Waals surface area contributed by atoms with Gasteiger partial charge in [0.05, 0.1) is 20.3 Å². The van der Waals surface area contributed by atoms with Crippen LogP contribution in [0.3, 0.4) is 0 Å². The first kappa shape index (κ1) is 16.1. The molecule has 21 heavy (non-hydrogen) atoms. The van der Waals surface area contributed by atoms with Gasteiger partial charge in [0.25, 0.3) is 0 Å². The summed E-state index contributed by atoms with van der Waals surface area (Å²) in [6.07, 6.45) is 2.49. The zero-order chi connectivity index (χ0) is 15.5. The molecule has 2 rings (SSSR count). The summed E-state index contributed by atoms with van der Waals surface area (Å²) in [4.78, 5) is 2.49. The van der Waals surface area contributed by atoms with E-state index in [-0.39, 0.29) is 6.04 Å². The topological polar surface area (TPSA) is 47.7 Å². The molecule has 1 fully saturated rings. The zero-order valence-electron chi connectivity index (χ0n) is 13.7. The Morgan fingerprint density at radius 2 is 2.05 bits per heavy atom. The molecule has 118 valence electrons. The molecule has 1 atom stereocenters. The van der Waals surface area contributed by atoms with Crippen LogP contribution in [0, 0.1) is 5.41 Å². The summed E-state index contributed by atoms with van der Waals surface area (Å²) in [5.41, 5.74) is 7.57. The first-order valence-corrected chi connectivity index (χ1v) is 7.67. The number of piperidine rings is 1. The number of ether oxygens (including phenoxy) is 2. The largest absolute Gasteiger partial charge is 0.493 e. The number of para-hydroxylation sites is 1. The van der Waals surface area contributed by atoms with Gasteiger partial charge >= 0.3 is 0 Å². The molecular weight excluding hydrogens is 264 g/mol. The molecule has 0 amide bonds. The number of nitrogens with zero attached hydrogens (tertiary/aromatic N) is 1. The Morgan fingerprint density at radius 1 is 1.29 bits per heavy atom. The average molecular weight is 292 g/mol. The third-order valence-electron chi connectivity index (χ3n) is 4.39. The minimum atomic E-state index is 0.176. The quantitative estimate of drug-likeness (QED) is 0.906. The van der Waals surface area contributed by atoms with Crippen molar-refractivity contribution in [2.45, 2.75) is 32.7 Å². The molecule has 0 radical (unpaired) electrons. The van der Waals surface area contributed by atoms with E-state index in [2.05, 4.69) is 24.8 Å². The molecule has 1 unspecified atom stereocenters. The minimum absolute atomic E-state index is 0.176. The molecule has 0 aromatic heterocycles. The van der Waals surface area contributed by atoms with E-state index in [4.69, 9.17) is 15.2 Å². The number of methoxy groups -OCH3 is 2. The fourth-order valence-electron chi connectivity index (χ4n) is 3.38. The van der Waals surface area contributed by atoms with E-state index in [0.717, 1.165) is 30.2 Å². The van der Waals surface area contributed by atoms with Crippen LogP contribution in [0.25, 0.3) is 0 Å². The molecule has 1 aromatic rings. The van der Waals surface area contributed by atoms with E-state index in [9.17, 15) is 0 Å². The lowest BCUT2D eigenvalue weighted by molar-refractivity contribution is 0.0794. The lowest BCUT2D eigenvalue weighted by Gasteiger charge is -2.42. The molecule has 1 saturated heterocycles. The summed E-state index contributed by atoms with van der Waals surface area (Å²) in [7, 11) is 3.36. The monoisotopic (exact) mass is 292 g/mol. The van der Waals surface area contributed by atoms with Gasteiger partial charge in [-0.1, -0.05) is 26.0 Å². The van der Waals surface area contributed by atoms with Gasteiger partial charge in [0.1, 0.15) is 0 Å². The van der Waals surface area contributed by atoms with Crippen molar-refractivity contribution < 1.29 is 9.47 Å². The van der Waals surface area contributed by atoms with Gasteiger partial charge in [-0.2, -0.15) is 0 Å². The zero-order valence-corrected chi connectivity index (χ0v) is 13.7. The van der Waals surface area contributed by atoms with Crippen molar-refractivity contribution in [3.8, 4) is 11.5 Å². The van der Waals surface area contributed by atoms with E-state index < -0.39 is 0 Å². The molecule has 4 nitrogen and oxygen atoms in total. The number of hydrogen-bond donors (Lipinski definition) is 1. The number of hydrogen-bond acceptors (Lipinski definition) is 4. The average Bonchev–Trinajstić information content (AvgIpc) is 2.46. The van der Waals surface area contributed by atoms with Crippen molar-refractivity contribution in [3.05, 3.63) is 23.8 Å². The van der Waals surface area contributed by atoms with Crippen LogP contribution < -0.4 is 15.2 Å². The highest BCUT2D eigenvalue weighted by Gasteiger charge is 2.32. The molecule has 1 aliphatic rings. The van der Waals surface area contributed by atoms with E-state index in [1.54, 1.807) is 14.2 Å². The molecule has 1 aromatic carbocycles. The second-order valence-corrected chi connectivity index (χ2v) is 6.57. The summed E-state index contributed by atoms with van der Waals surface area (Å²) in [5.74, 6) is 1.57. The maximum Gasteiger partial charge on any atom is 0.165 e. The Labute approximate surface area is 128 Å². The van der Waals surface area contributed by atoms with E-state index in [1.807, 2.05) is 12.1 Å². The standard InChI is InChI=1S/C17H28N2O2/c1-17(2)9-6-10-19(12-17)14(11-18)13-7-5-8-15(20-3)16(13)21-4/h5,7-8,14H,6,9-12,18H2,1-4H3. The Bertz CT molecular complexity index is 474. The van der Waals surface area contributed by atoms with Gasteiger partial charge in [-0.3, -0.25) is 4.90 Å². The maximum atomic E-state index is 6.10. The molecule has 2 N–H and O–H groups in total. The molecule has 1 heterocycles. The smallest absolute Gasteiger partial charge is 0.165 e. The van der Waals surface area contributed by atoms with Gasteiger partial charge in [0.2, 0.25) is 0 Å². The Kier molecular flexibility index (Phi) is 5.12. The lowest BCUT2D eigenvalue weighted by atomic mass is 9.83. The number of nitrogens with two attached hydrogens (primary N) is 1. The van der Waals surface area contributed by atoms with Crippen LogP contribution in [0.15, 0.2) is 18.2 Å². The molecular formula is C17H28N2O2. The summed E-state index contributed by atoms with van der Waals surface area (Å²) in [5, 5.41) is 0. The number of likely N-dealkylation sites (tertiary alicyclic amines) is 1. The van der Waals surface area contributed by atoms with Gasteiger partial charge in [0.15, 0.2) is 11.5 Å². The normalized spacial score (nSPS) is 20.0. The second-order valence-electron chi connectivity index (χ2n) is 6.57. The first-order valence-electron chi connectivity index (χ1n) is 7.67. The highest BCUT2D eigenvalue weighted by Crippen LogP contribution is 2.39. The molecule has 0 saturated carbocycles. The van der Waals surface area contributed by atoms with Crippen LogP contribution >= 0.6 is 0 Å². The van der Waals surface area contributed by atoms with Crippen molar-refractivity contribution >= 4 is 0 Å². The van der Waals surface area contributed by atoms with Gasteiger partial charge in [-0.15, -0.1) is 0 Å². The predicted molar refractivity (Wildman–Crippen MR) is 85.9 cm³/mol. The third kappa shape index (κ3) is 3.50. The Balaban J connectivity index is 2.33.